The van der Waals surface area contributed by atoms with Gasteiger partial charge in [0.1, 0.15) is 0 Å². The van der Waals surface area contributed by atoms with Crippen molar-refractivity contribution >= 4 is 46.1 Å². The Kier molecular flexibility index (Phi) is 4.63. The van der Waals surface area contributed by atoms with Crippen LogP contribution < -0.4 is 5.32 Å². The smallest absolute Gasteiger partial charge is 0.0868 e. The third-order valence-corrected chi connectivity index (χ3v) is 5.19. The molecular weight excluding hydrogens is 344 g/mol. The van der Waals surface area contributed by atoms with Crippen LogP contribution in [-0.4, -0.2) is 10.7 Å². The van der Waals surface area contributed by atoms with Crippen molar-refractivity contribution < 1.29 is 0 Å². The summed E-state index contributed by atoms with van der Waals surface area (Å²) in [7, 11) is 0. The number of anilines is 1. The van der Waals surface area contributed by atoms with E-state index in [9.17, 15) is 0 Å². The lowest BCUT2D eigenvalue weighted by Gasteiger charge is -2.07. The van der Waals surface area contributed by atoms with Gasteiger partial charge in [-0.1, -0.05) is 66.4 Å². The molecule has 0 atom stereocenters. The van der Waals surface area contributed by atoms with Crippen molar-refractivity contribution in [3.05, 3.63) is 84.4 Å². The van der Waals surface area contributed by atoms with Gasteiger partial charge in [-0.3, -0.25) is 4.99 Å². The van der Waals surface area contributed by atoms with Crippen molar-refractivity contribution in [3.8, 4) is 0 Å². The maximum absolute atomic E-state index is 5.46. The van der Waals surface area contributed by atoms with Crippen LogP contribution in [0.25, 0.3) is 0 Å². The lowest BCUT2D eigenvalue weighted by molar-refractivity contribution is 1.38. The van der Waals surface area contributed by atoms with Gasteiger partial charge in [0.05, 0.1) is 22.1 Å². The predicted molar refractivity (Wildman–Crippen MR) is 110 cm³/mol. The van der Waals surface area contributed by atoms with Gasteiger partial charge in [0.2, 0.25) is 0 Å². The van der Waals surface area contributed by atoms with Crippen LogP contribution >= 0.6 is 24.0 Å². The molecule has 0 radical (unpaired) electrons. The third kappa shape index (κ3) is 3.81. The van der Waals surface area contributed by atoms with E-state index >= 15 is 0 Å². The summed E-state index contributed by atoms with van der Waals surface area (Å²) < 4.78 is 0. The molecule has 3 aromatic rings. The quantitative estimate of drug-likeness (QED) is 0.571. The lowest BCUT2D eigenvalue weighted by atomic mass is 10.1. The van der Waals surface area contributed by atoms with Crippen molar-refractivity contribution in [2.75, 3.05) is 5.32 Å². The minimum Gasteiger partial charge on any atom is -0.348 e. The molecule has 1 aliphatic heterocycles. The summed E-state index contributed by atoms with van der Waals surface area (Å²) in [6.07, 6.45) is 0.648. The number of hydrogen-bond acceptors (Lipinski definition) is 3. The van der Waals surface area contributed by atoms with Gasteiger partial charge in [-0.15, -0.1) is 0 Å². The zero-order valence-electron chi connectivity index (χ0n) is 13.5. The van der Waals surface area contributed by atoms with Gasteiger partial charge in [0.25, 0.3) is 0 Å². The summed E-state index contributed by atoms with van der Waals surface area (Å²) in [5, 5.41) is 3.28. The largest absolute Gasteiger partial charge is 0.348 e. The van der Waals surface area contributed by atoms with Gasteiger partial charge in [-0.2, -0.15) is 0 Å². The van der Waals surface area contributed by atoms with Crippen molar-refractivity contribution in [2.45, 2.75) is 16.2 Å². The fourth-order valence-corrected chi connectivity index (χ4v) is 3.80. The second-order valence-corrected chi connectivity index (χ2v) is 7.38. The normalized spacial score (nSPS) is 13.4. The molecule has 2 nitrogen and oxygen atoms in total. The molecule has 4 rings (SSSR count). The van der Waals surface area contributed by atoms with Crippen LogP contribution in [0, 0.1) is 0 Å². The minimum atomic E-state index is 0.648. The fraction of sp³-hybridized carbons (Fsp3) is 0.0476. The Morgan fingerprint density at radius 2 is 1.48 bits per heavy atom. The maximum atomic E-state index is 5.46. The van der Waals surface area contributed by atoms with Gasteiger partial charge >= 0.3 is 0 Å². The van der Waals surface area contributed by atoms with Crippen LogP contribution in [0.2, 0.25) is 0 Å². The summed E-state index contributed by atoms with van der Waals surface area (Å²) in [5.74, 6) is 0. The molecule has 25 heavy (non-hydrogen) atoms. The number of hydrogen-bond donors (Lipinski definition) is 1. The number of nitrogens with zero attached hydrogens (tertiary/aromatic N) is 1. The number of aliphatic imine (C=N–C) groups is 1. The first kappa shape index (κ1) is 16.1. The van der Waals surface area contributed by atoms with Gasteiger partial charge in [-0.05, 0) is 42.0 Å². The molecule has 0 bridgehead atoms. The Balaban J connectivity index is 1.61. The highest BCUT2D eigenvalue weighted by Crippen LogP contribution is 2.30. The Morgan fingerprint density at radius 1 is 0.800 bits per heavy atom. The SMILES string of the molecule is S=C1CC(c2ccc(Sc3ccccc3)cc2)=Nc2ccccc2N1. The Bertz CT molecular complexity index is 932. The highest BCUT2D eigenvalue weighted by Gasteiger charge is 2.14. The van der Waals surface area contributed by atoms with Gasteiger partial charge in [0, 0.05) is 16.2 Å². The zero-order chi connectivity index (χ0) is 17.1. The van der Waals surface area contributed by atoms with E-state index in [1.807, 2.05) is 30.3 Å². The summed E-state index contributed by atoms with van der Waals surface area (Å²) >= 11 is 7.22. The third-order valence-electron chi connectivity index (χ3n) is 3.93. The minimum absolute atomic E-state index is 0.648. The van der Waals surface area contributed by atoms with E-state index in [1.165, 1.54) is 9.79 Å². The Hall–Kier alpha value is -2.43. The topological polar surface area (TPSA) is 24.4 Å². The summed E-state index contributed by atoms with van der Waals surface area (Å²) in [6, 6.07) is 26.9. The molecule has 0 fully saturated rings. The first-order valence-corrected chi connectivity index (χ1v) is 9.30. The lowest BCUT2D eigenvalue weighted by Crippen LogP contribution is -2.12. The summed E-state index contributed by atoms with van der Waals surface area (Å²) in [5.41, 5.74) is 4.01. The molecule has 122 valence electrons. The van der Waals surface area contributed by atoms with E-state index in [4.69, 9.17) is 17.2 Å². The highest BCUT2D eigenvalue weighted by atomic mass is 32.2. The average molecular weight is 361 g/mol. The first-order chi connectivity index (χ1) is 12.3. The van der Waals surface area contributed by atoms with Gasteiger partial charge in [-0.25, -0.2) is 0 Å². The van der Waals surface area contributed by atoms with E-state index in [2.05, 4.69) is 53.8 Å². The predicted octanol–water partition coefficient (Wildman–Crippen LogP) is 6.10. The average Bonchev–Trinajstić information content (AvgIpc) is 2.81. The van der Waals surface area contributed by atoms with E-state index in [0.29, 0.717) is 6.42 Å². The number of nitrogens with one attached hydrogen (secondary N) is 1. The molecule has 1 heterocycles. The first-order valence-electron chi connectivity index (χ1n) is 8.08. The number of fused-ring (bicyclic) bond motifs is 1. The monoisotopic (exact) mass is 360 g/mol. The maximum Gasteiger partial charge on any atom is 0.0868 e. The van der Waals surface area contributed by atoms with Crippen LogP contribution in [0.5, 0.6) is 0 Å². The second-order valence-electron chi connectivity index (χ2n) is 5.74. The van der Waals surface area contributed by atoms with Crippen molar-refractivity contribution in [1.29, 1.82) is 0 Å². The highest BCUT2D eigenvalue weighted by molar-refractivity contribution is 7.99. The molecule has 0 saturated carbocycles. The molecule has 3 aromatic carbocycles. The van der Waals surface area contributed by atoms with Crippen LogP contribution in [0.3, 0.4) is 0 Å². The molecule has 4 heteroatoms. The number of thiocarbonyl (C=S) groups is 1. The molecule has 0 amide bonds. The number of benzene rings is 3. The molecule has 0 unspecified atom stereocenters. The molecule has 0 spiro atoms. The molecular formula is C21H16N2S2. The van der Waals surface area contributed by atoms with E-state index in [0.717, 1.165) is 27.6 Å². The van der Waals surface area contributed by atoms with E-state index in [-0.39, 0.29) is 0 Å². The van der Waals surface area contributed by atoms with Crippen LogP contribution in [0.4, 0.5) is 11.4 Å². The van der Waals surface area contributed by atoms with Crippen molar-refractivity contribution in [2.24, 2.45) is 4.99 Å². The number of rotatable bonds is 3. The molecule has 0 aromatic heterocycles. The van der Waals surface area contributed by atoms with E-state index in [1.54, 1.807) is 11.8 Å². The molecule has 0 saturated heterocycles. The molecule has 1 N–H and O–H groups in total. The fourth-order valence-electron chi connectivity index (χ4n) is 2.71. The standard InChI is InChI=1S/C21H16N2S2/c24-21-14-20(22-18-8-4-5-9-19(18)23-21)15-10-12-17(13-11-15)25-16-6-2-1-3-7-16/h1-13H,14H2,(H,23,24). The van der Waals surface area contributed by atoms with Crippen LogP contribution in [0.1, 0.15) is 12.0 Å². The van der Waals surface area contributed by atoms with Gasteiger partial charge in [0.15, 0.2) is 0 Å². The zero-order valence-corrected chi connectivity index (χ0v) is 15.1. The van der Waals surface area contributed by atoms with Gasteiger partial charge < -0.3 is 5.32 Å². The molecule has 0 aliphatic carbocycles. The molecule has 1 aliphatic rings. The van der Waals surface area contributed by atoms with E-state index < -0.39 is 0 Å². The van der Waals surface area contributed by atoms with Crippen LogP contribution in [0.15, 0.2) is 93.6 Å². The number of para-hydroxylation sites is 2. The Labute approximate surface area is 157 Å². The second kappa shape index (κ2) is 7.21. The summed E-state index contributed by atoms with van der Waals surface area (Å²) in [4.78, 5) is 8.08. The van der Waals surface area contributed by atoms with Crippen molar-refractivity contribution in [1.82, 2.24) is 0 Å². The summed E-state index contributed by atoms with van der Waals surface area (Å²) in [6.45, 7) is 0. The Morgan fingerprint density at radius 3 is 2.28 bits per heavy atom. The van der Waals surface area contributed by atoms with Crippen molar-refractivity contribution in [3.63, 3.8) is 0 Å². The van der Waals surface area contributed by atoms with Crippen LogP contribution in [-0.2, 0) is 0 Å².